The minimum absolute atomic E-state index is 0.00146. The molecule has 0 rings (SSSR count). The van der Waals surface area contributed by atoms with Gasteiger partial charge in [-0.3, -0.25) is 0 Å². The molecule has 2 amide bonds. The highest BCUT2D eigenvalue weighted by Crippen LogP contribution is 2.16. The van der Waals surface area contributed by atoms with Gasteiger partial charge in [0.1, 0.15) is 6.04 Å². The van der Waals surface area contributed by atoms with Crippen LogP contribution in [0, 0.1) is 0 Å². The van der Waals surface area contributed by atoms with Gasteiger partial charge in [0.05, 0.1) is 0 Å². The van der Waals surface area contributed by atoms with Crippen LogP contribution in [0.2, 0.25) is 0 Å². The van der Waals surface area contributed by atoms with Crippen LogP contribution in [0.15, 0.2) is 0 Å². The van der Waals surface area contributed by atoms with Crippen LogP contribution in [0.25, 0.3) is 0 Å². The Kier molecular flexibility index (Phi) is 5.95. The number of urea groups is 1. The predicted molar refractivity (Wildman–Crippen MR) is 63.8 cm³/mol. The number of aliphatic hydroxyl groups is 1. The number of nitrogens with zero attached hydrogens (tertiary/aromatic N) is 1. The fraction of sp³-hybridized carbons (Fsp3) is 0.818. The van der Waals surface area contributed by atoms with Gasteiger partial charge in [0, 0.05) is 25.6 Å². The van der Waals surface area contributed by atoms with Crippen molar-refractivity contribution in [2.75, 3.05) is 13.7 Å². The molecule has 0 aromatic heterocycles. The molecule has 0 aliphatic rings. The van der Waals surface area contributed by atoms with Gasteiger partial charge in [-0.25, -0.2) is 9.59 Å². The first-order chi connectivity index (χ1) is 7.76. The molecule has 0 heterocycles. The van der Waals surface area contributed by atoms with Gasteiger partial charge in [-0.05, 0) is 20.3 Å². The van der Waals surface area contributed by atoms with E-state index in [4.69, 9.17) is 10.2 Å². The van der Waals surface area contributed by atoms with Crippen LogP contribution in [0.5, 0.6) is 0 Å². The molecule has 6 heteroatoms. The molecule has 6 nitrogen and oxygen atoms in total. The maximum atomic E-state index is 11.8. The van der Waals surface area contributed by atoms with Crippen molar-refractivity contribution in [3.8, 4) is 0 Å². The van der Waals surface area contributed by atoms with Crippen molar-refractivity contribution in [3.63, 3.8) is 0 Å². The first kappa shape index (κ1) is 15.7. The standard InChI is InChI=1S/C11H22N2O4/c1-5-11(2,3)13(4)10(17)12-8(6-7-14)9(15)16/h8,14H,5-7H2,1-4H3,(H,12,17)(H,15,16). The number of rotatable bonds is 6. The second kappa shape index (κ2) is 6.44. The van der Waals surface area contributed by atoms with E-state index in [1.54, 1.807) is 7.05 Å². The molecule has 0 saturated carbocycles. The Morgan fingerprint density at radius 1 is 1.41 bits per heavy atom. The second-order valence-electron chi connectivity index (χ2n) is 4.58. The fourth-order valence-corrected chi connectivity index (χ4v) is 1.14. The Morgan fingerprint density at radius 3 is 2.29 bits per heavy atom. The summed E-state index contributed by atoms with van der Waals surface area (Å²) >= 11 is 0. The second-order valence-corrected chi connectivity index (χ2v) is 4.58. The van der Waals surface area contributed by atoms with Gasteiger partial charge in [-0.2, -0.15) is 0 Å². The van der Waals surface area contributed by atoms with E-state index >= 15 is 0 Å². The normalized spacial score (nSPS) is 13.0. The summed E-state index contributed by atoms with van der Waals surface area (Å²) in [6, 6.07) is -1.50. The average molecular weight is 246 g/mol. The monoisotopic (exact) mass is 246 g/mol. The molecular weight excluding hydrogens is 224 g/mol. The molecular formula is C11H22N2O4. The summed E-state index contributed by atoms with van der Waals surface area (Å²) in [6.45, 7) is 5.47. The van der Waals surface area contributed by atoms with Crippen LogP contribution < -0.4 is 5.32 Å². The number of aliphatic carboxylic acids is 1. The van der Waals surface area contributed by atoms with E-state index in [-0.39, 0.29) is 18.6 Å². The van der Waals surface area contributed by atoms with Crippen molar-refractivity contribution in [1.82, 2.24) is 10.2 Å². The van der Waals surface area contributed by atoms with Crippen LogP contribution in [0.3, 0.4) is 0 Å². The minimum Gasteiger partial charge on any atom is -0.480 e. The molecule has 1 unspecified atom stereocenters. The number of carbonyl (C=O) groups excluding carboxylic acids is 1. The summed E-state index contributed by atoms with van der Waals surface area (Å²) in [6.07, 6.45) is 0.760. The van der Waals surface area contributed by atoms with E-state index in [9.17, 15) is 9.59 Å². The molecule has 1 atom stereocenters. The lowest BCUT2D eigenvalue weighted by molar-refractivity contribution is -0.139. The molecule has 0 saturated heterocycles. The lowest BCUT2D eigenvalue weighted by Gasteiger charge is -2.35. The Balaban J connectivity index is 4.56. The quantitative estimate of drug-likeness (QED) is 0.642. The van der Waals surface area contributed by atoms with Gasteiger partial charge in [0.25, 0.3) is 0 Å². The highest BCUT2D eigenvalue weighted by atomic mass is 16.4. The minimum atomic E-state index is -1.14. The first-order valence-electron chi connectivity index (χ1n) is 5.64. The third kappa shape index (κ3) is 4.60. The molecule has 0 fully saturated rings. The highest BCUT2D eigenvalue weighted by Gasteiger charge is 2.28. The van der Waals surface area contributed by atoms with Gasteiger partial charge in [0.2, 0.25) is 0 Å². The van der Waals surface area contributed by atoms with Crippen LogP contribution in [-0.4, -0.2) is 52.3 Å². The van der Waals surface area contributed by atoms with Crippen LogP contribution in [-0.2, 0) is 4.79 Å². The maximum absolute atomic E-state index is 11.8. The van der Waals surface area contributed by atoms with Crippen molar-refractivity contribution in [1.29, 1.82) is 0 Å². The number of carboxylic acid groups (broad SMARTS) is 1. The van der Waals surface area contributed by atoms with Gasteiger partial charge in [-0.15, -0.1) is 0 Å². The van der Waals surface area contributed by atoms with Crippen molar-refractivity contribution in [2.45, 2.75) is 45.2 Å². The molecule has 0 aromatic rings. The molecule has 0 spiro atoms. The number of carboxylic acids is 1. The van der Waals surface area contributed by atoms with Gasteiger partial charge >= 0.3 is 12.0 Å². The topological polar surface area (TPSA) is 89.9 Å². The largest absolute Gasteiger partial charge is 0.480 e. The van der Waals surface area contributed by atoms with Crippen molar-refractivity contribution in [3.05, 3.63) is 0 Å². The SMILES string of the molecule is CCC(C)(C)N(C)C(=O)NC(CCO)C(=O)O. The maximum Gasteiger partial charge on any atom is 0.326 e. The molecule has 0 aliphatic heterocycles. The fourth-order valence-electron chi connectivity index (χ4n) is 1.14. The van der Waals surface area contributed by atoms with Gasteiger partial charge in [0.15, 0.2) is 0 Å². The number of carbonyl (C=O) groups is 2. The summed E-state index contributed by atoms with van der Waals surface area (Å²) in [5, 5.41) is 20.0. The van der Waals surface area contributed by atoms with Crippen LogP contribution >= 0.6 is 0 Å². The summed E-state index contributed by atoms with van der Waals surface area (Å²) in [4.78, 5) is 24.1. The summed E-state index contributed by atoms with van der Waals surface area (Å²) in [5.41, 5.74) is -0.341. The highest BCUT2D eigenvalue weighted by molar-refractivity contribution is 5.82. The zero-order chi connectivity index (χ0) is 13.6. The zero-order valence-electron chi connectivity index (χ0n) is 10.9. The molecule has 17 heavy (non-hydrogen) atoms. The number of hydrogen-bond donors (Lipinski definition) is 3. The lowest BCUT2D eigenvalue weighted by Crippen LogP contribution is -2.53. The molecule has 0 aliphatic carbocycles. The van der Waals surface area contributed by atoms with Gasteiger partial charge < -0.3 is 20.4 Å². The van der Waals surface area contributed by atoms with E-state index in [2.05, 4.69) is 5.32 Å². The van der Waals surface area contributed by atoms with E-state index in [1.165, 1.54) is 4.90 Å². The Labute approximate surface area is 102 Å². The van der Waals surface area contributed by atoms with E-state index in [0.717, 1.165) is 6.42 Å². The number of amides is 2. The summed E-state index contributed by atoms with van der Waals surface area (Å²) < 4.78 is 0. The summed E-state index contributed by atoms with van der Waals surface area (Å²) in [5.74, 6) is -1.14. The van der Waals surface area contributed by atoms with Crippen molar-refractivity contribution in [2.24, 2.45) is 0 Å². The molecule has 0 radical (unpaired) electrons. The third-order valence-electron chi connectivity index (χ3n) is 3.09. The molecule has 0 aromatic carbocycles. The molecule has 0 bridgehead atoms. The molecule has 3 N–H and O–H groups in total. The smallest absolute Gasteiger partial charge is 0.326 e. The average Bonchev–Trinajstić information content (AvgIpc) is 2.27. The first-order valence-corrected chi connectivity index (χ1v) is 5.64. The third-order valence-corrected chi connectivity index (χ3v) is 3.09. The number of nitrogens with one attached hydrogen (secondary N) is 1. The van der Waals surface area contributed by atoms with E-state index < -0.39 is 18.0 Å². The Morgan fingerprint density at radius 2 is 1.94 bits per heavy atom. The van der Waals surface area contributed by atoms with Crippen LogP contribution in [0.1, 0.15) is 33.6 Å². The number of aliphatic hydroxyl groups excluding tert-OH is 1. The summed E-state index contributed by atoms with van der Waals surface area (Å²) in [7, 11) is 1.62. The van der Waals surface area contributed by atoms with Crippen molar-refractivity contribution >= 4 is 12.0 Å². The van der Waals surface area contributed by atoms with E-state index in [0.29, 0.717) is 0 Å². The van der Waals surface area contributed by atoms with Crippen LogP contribution in [0.4, 0.5) is 4.79 Å². The molecule has 100 valence electrons. The van der Waals surface area contributed by atoms with Crippen molar-refractivity contribution < 1.29 is 19.8 Å². The predicted octanol–water partition coefficient (Wildman–Crippen LogP) is 0.652. The van der Waals surface area contributed by atoms with Gasteiger partial charge in [-0.1, -0.05) is 6.92 Å². The van der Waals surface area contributed by atoms with E-state index in [1.807, 2.05) is 20.8 Å². The lowest BCUT2D eigenvalue weighted by atomic mass is 10.0. The number of hydrogen-bond acceptors (Lipinski definition) is 3. The Hall–Kier alpha value is -1.30. The zero-order valence-corrected chi connectivity index (χ0v) is 10.9. The Bertz CT molecular complexity index is 279.